The second-order valence-electron chi connectivity index (χ2n) is 7.66. The molecule has 0 saturated carbocycles. The number of sulfone groups is 1. The Morgan fingerprint density at radius 3 is 2.39 bits per heavy atom. The van der Waals surface area contributed by atoms with Crippen LogP contribution in [-0.4, -0.2) is 31.7 Å². The lowest BCUT2D eigenvalue weighted by Gasteiger charge is -2.24. The van der Waals surface area contributed by atoms with Gasteiger partial charge >= 0.3 is 5.97 Å². The molecule has 1 amide bonds. The summed E-state index contributed by atoms with van der Waals surface area (Å²) in [6, 6.07) is 13.8. The van der Waals surface area contributed by atoms with Gasteiger partial charge in [0.15, 0.2) is 9.84 Å². The van der Waals surface area contributed by atoms with Crippen LogP contribution in [0.15, 0.2) is 58.8 Å². The number of benzene rings is 2. The van der Waals surface area contributed by atoms with E-state index in [1.807, 2.05) is 17.5 Å². The van der Waals surface area contributed by atoms with Crippen LogP contribution in [0.5, 0.6) is 0 Å². The fourth-order valence-corrected chi connectivity index (χ4v) is 5.64. The fourth-order valence-electron chi connectivity index (χ4n) is 3.98. The van der Waals surface area contributed by atoms with E-state index in [0.717, 1.165) is 31.1 Å². The second-order valence-corrected chi connectivity index (χ2v) is 10.6. The third-order valence-electron chi connectivity index (χ3n) is 5.59. The highest BCUT2D eigenvalue weighted by molar-refractivity contribution is 7.90. The van der Waals surface area contributed by atoms with E-state index in [0.29, 0.717) is 5.00 Å². The molecule has 6 nitrogen and oxygen atoms in total. The van der Waals surface area contributed by atoms with Crippen molar-refractivity contribution in [2.75, 3.05) is 11.6 Å². The first-order valence-corrected chi connectivity index (χ1v) is 12.5. The predicted octanol–water partition coefficient (Wildman–Crippen LogP) is 4.37. The van der Waals surface area contributed by atoms with Gasteiger partial charge in [-0.2, -0.15) is 0 Å². The van der Waals surface area contributed by atoms with E-state index in [1.54, 1.807) is 0 Å². The molecule has 0 aliphatic heterocycles. The normalized spacial score (nSPS) is 15.8. The molecule has 0 bridgehead atoms. The first-order chi connectivity index (χ1) is 14.7. The largest absolute Gasteiger partial charge is 0.478 e. The van der Waals surface area contributed by atoms with E-state index < -0.39 is 21.7 Å². The van der Waals surface area contributed by atoms with Crippen molar-refractivity contribution in [3.8, 4) is 0 Å². The zero-order valence-corrected chi connectivity index (χ0v) is 18.4. The molecule has 3 aromatic rings. The summed E-state index contributed by atoms with van der Waals surface area (Å²) in [7, 11) is -3.36. The number of hydrogen-bond acceptors (Lipinski definition) is 5. The van der Waals surface area contributed by atoms with Crippen molar-refractivity contribution in [2.45, 2.75) is 30.1 Å². The molecule has 4 rings (SSSR count). The Bertz CT molecular complexity index is 1260. The highest BCUT2D eigenvalue weighted by atomic mass is 32.2. The standard InChI is InChI=1S/C23H21NO5S2/c1-31(28,29)18-10-8-15(9-11-18)21(25)24-22-20(23(26)27)19(13-30-22)17-7-6-14-4-2-3-5-16(14)12-17/h2-5,8-11,13,17H,6-7,12H2,1H3,(H,24,25)(H,26,27). The van der Waals surface area contributed by atoms with Crippen LogP contribution >= 0.6 is 11.3 Å². The van der Waals surface area contributed by atoms with Crippen LogP contribution in [0.4, 0.5) is 5.00 Å². The monoisotopic (exact) mass is 455 g/mol. The number of aryl methyl sites for hydroxylation is 1. The van der Waals surface area contributed by atoms with Crippen molar-refractivity contribution in [2.24, 2.45) is 0 Å². The highest BCUT2D eigenvalue weighted by Crippen LogP contribution is 2.39. The third-order valence-corrected chi connectivity index (χ3v) is 7.63. The first-order valence-electron chi connectivity index (χ1n) is 9.77. The summed E-state index contributed by atoms with van der Waals surface area (Å²) in [5.41, 5.74) is 3.67. The lowest BCUT2D eigenvalue weighted by molar-refractivity contribution is 0.0696. The topological polar surface area (TPSA) is 101 Å². The summed E-state index contributed by atoms with van der Waals surface area (Å²) >= 11 is 1.20. The molecule has 31 heavy (non-hydrogen) atoms. The molecule has 2 aromatic carbocycles. The molecular weight excluding hydrogens is 434 g/mol. The molecular formula is C23H21NO5S2. The van der Waals surface area contributed by atoms with Gasteiger partial charge < -0.3 is 10.4 Å². The lowest BCUT2D eigenvalue weighted by atomic mass is 9.80. The van der Waals surface area contributed by atoms with E-state index in [1.165, 1.54) is 46.7 Å². The molecule has 0 radical (unpaired) electrons. The third kappa shape index (κ3) is 4.40. The molecule has 2 N–H and O–H groups in total. The second kappa shape index (κ2) is 8.28. The van der Waals surface area contributed by atoms with Gasteiger partial charge in [0.05, 0.1) is 10.5 Å². The van der Waals surface area contributed by atoms with Crippen LogP contribution in [0.3, 0.4) is 0 Å². The summed E-state index contributed by atoms with van der Waals surface area (Å²) in [4.78, 5) is 24.8. The smallest absolute Gasteiger partial charge is 0.339 e. The molecule has 1 heterocycles. The Kier molecular flexibility index (Phi) is 5.68. The van der Waals surface area contributed by atoms with E-state index in [-0.39, 0.29) is 21.9 Å². The molecule has 8 heteroatoms. The van der Waals surface area contributed by atoms with Crippen LogP contribution in [0.1, 0.15) is 49.7 Å². The SMILES string of the molecule is CS(=O)(=O)c1ccc(C(=O)Nc2scc(C3CCc4ccccc4C3)c2C(=O)O)cc1. The van der Waals surface area contributed by atoms with Crippen molar-refractivity contribution in [3.63, 3.8) is 0 Å². The minimum Gasteiger partial charge on any atom is -0.478 e. The highest BCUT2D eigenvalue weighted by Gasteiger charge is 2.28. The number of carbonyl (C=O) groups excluding carboxylic acids is 1. The molecule has 1 atom stereocenters. The Morgan fingerprint density at radius 1 is 1.06 bits per heavy atom. The Hall–Kier alpha value is -2.97. The summed E-state index contributed by atoms with van der Waals surface area (Å²) in [5, 5.41) is 14.7. The van der Waals surface area contributed by atoms with E-state index in [4.69, 9.17) is 0 Å². The number of amides is 1. The van der Waals surface area contributed by atoms with Crippen LogP contribution < -0.4 is 5.32 Å². The molecule has 1 aliphatic rings. The van der Waals surface area contributed by atoms with Crippen molar-refractivity contribution in [1.82, 2.24) is 0 Å². The number of nitrogens with one attached hydrogen (secondary N) is 1. The van der Waals surface area contributed by atoms with E-state index in [9.17, 15) is 23.1 Å². The maximum Gasteiger partial charge on any atom is 0.339 e. The van der Waals surface area contributed by atoms with Gasteiger partial charge in [-0.3, -0.25) is 4.79 Å². The van der Waals surface area contributed by atoms with E-state index >= 15 is 0 Å². The van der Waals surface area contributed by atoms with Gasteiger partial charge in [0.2, 0.25) is 0 Å². The molecule has 0 spiro atoms. The molecule has 160 valence electrons. The van der Waals surface area contributed by atoms with Crippen LogP contribution in [-0.2, 0) is 22.7 Å². The summed E-state index contributed by atoms with van der Waals surface area (Å²) in [6.07, 6.45) is 3.62. The molecule has 0 fully saturated rings. The first kappa shape index (κ1) is 21.3. The zero-order chi connectivity index (χ0) is 22.2. The number of rotatable bonds is 5. The van der Waals surface area contributed by atoms with Crippen molar-refractivity contribution in [1.29, 1.82) is 0 Å². The van der Waals surface area contributed by atoms with Crippen LogP contribution in [0.2, 0.25) is 0 Å². The van der Waals surface area contributed by atoms with Crippen molar-refractivity contribution in [3.05, 3.63) is 81.7 Å². The number of thiophene rings is 1. The average Bonchev–Trinajstić information content (AvgIpc) is 3.16. The number of carbonyl (C=O) groups is 2. The molecule has 1 unspecified atom stereocenters. The number of fused-ring (bicyclic) bond motifs is 1. The lowest BCUT2D eigenvalue weighted by Crippen LogP contribution is -2.17. The quantitative estimate of drug-likeness (QED) is 0.595. The summed E-state index contributed by atoms with van der Waals surface area (Å²) < 4.78 is 23.2. The molecule has 0 saturated heterocycles. The average molecular weight is 456 g/mol. The predicted molar refractivity (Wildman–Crippen MR) is 120 cm³/mol. The maximum atomic E-state index is 12.7. The van der Waals surface area contributed by atoms with Gasteiger partial charge in [-0.15, -0.1) is 11.3 Å². The molecule has 1 aliphatic carbocycles. The number of carboxylic acid groups (broad SMARTS) is 1. The van der Waals surface area contributed by atoms with Gasteiger partial charge in [-0.1, -0.05) is 24.3 Å². The fraction of sp³-hybridized carbons (Fsp3) is 0.217. The van der Waals surface area contributed by atoms with Crippen LogP contribution in [0, 0.1) is 0 Å². The van der Waals surface area contributed by atoms with Gasteiger partial charge in [-0.25, -0.2) is 13.2 Å². The van der Waals surface area contributed by atoms with Crippen molar-refractivity contribution < 1.29 is 23.1 Å². The van der Waals surface area contributed by atoms with Gasteiger partial charge in [-0.05, 0) is 71.5 Å². The van der Waals surface area contributed by atoms with Gasteiger partial charge in [0.1, 0.15) is 5.00 Å². The Labute approximate surface area is 184 Å². The number of hydrogen-bond donors (Lipinski definition) is 2. The van der Waals surface area contributed by atoms with Crippen molar-refractivity contribution >= 4 is 38.1 Å². The number of anilines is 1. The number of aromatic carboxylic acids is 1. The van der Waals surface area contributed by atoms with Gasteiger partial charge in [0, 0.05) is 11.8 Å². The number of carboxylic acids is 1. The van der Waals surface area contributed by atoms with Crippen LogP contribution in [0.25, 0.3) is 0 Å². The Morgan fingerprint density at radius 2 is 1.74 bits per heavy atom. The summed E-state index contributed by atoms with van der Waals surface area (Å²) in [6.45, 7) is 0. The minimum atomic E-state index is -3.36. The Balaban J connectivity index is 1.58. The van der Waals surface area contributed by atoms with Gasteiger partial charge in [0.25, 0.3) is 5.91 Å². The summed E-state index contributed by atoms with van der Waals surface area (Å²) in [5.74, 6) is -1.47. The van der Waals surface area contributed by atoms with E-state index in [2.05, 4.69) is 17.4 Å². The minimum absolute atomic E-state index is 0.0805. The molecule has 1 aromatic heterocycles. The zero-order valence-electron chi connectivity index (χ0n) is 16.8. The maximum absolute atomic E-state index is 12.7.